The first-order chi connectivity index (χ1) is 9.08. The van der Waals surface area contributed by atoms with E-state index in [1.165, 1.54) is 0 Å². The molecule has 0 amide bonds. The summed E-state index contributed by atoms with van der Waals surface area (Å²) in [6, 6.07) is 3.13. The van der Waals surface area contributed by atoms with E-state index in [1.807, 2.05) is 6.92 Å². The number of benzene rings is 1. The number of pyridine rings is 1. The molecule has 1 aromatic carbocycles. The van der Waals surface area contributed by atoms with Gasteiger partial charge in [0.15, 0.2) is 0 Å². The van der Waals surface area contributed by atoms with Crippen LogP contribution in [0.5, 0.6) is 0 Å². The molecule has 0 aliphatic carbocycles. The van der Waals surface area contributed by atoms with Crippen molar-refractivity contribution < 1.29 is 4.39 Å². The third-order valence-electron chi connectivity index (χ3n) is 3.48. The Hall–Kier alpha value is -1.64. The van der Waals surface area contributed by atoms with Gasteiger partial charge in [0.25, 0.3) is 0 Å². The van der Waals surface area contributed by atoms with Crippen LogP contribution in [0.4, 0.5) is 10.1 Å². The second-order valence-electron chi connectivity index (χ2n) is 4.96. The smallest absolute Gasteiger partial charge is 0.124 e. The van der Waals surface area contributed by atoms with Gasteiger partial charge in [0.2, 0.25) is 0 Å². The molecule has 3 heteroatoms. The topological polar surface area (TPSA) is 24.9 Å². The molecule has 0 bridgehead atoms. The molecule has 1 N–H and O–H groups in total. The van der Waals surface area contributed by atoms with Crippen molar-refractivity contribution in [3.8, 4) is 0 Å². The summed E-state index contributed by atoms with van der Waals surface area (Å²) in [6.45, 7) is 9.08. The molecule has 2 nitrogen and oxygen atoms in total. The molecule has 2 rings (SSSR count). The summed E-state index contributed by atoms with van der Waals surface area (Å²) >= 11 is 0. The Morgan fingerprint density at radius 2 is 1.95 bits per heavy atom. The molecule has 2 aromatic rings. The van der Waals surface area contributed by atoms with E-state index in [1.54, 1.807) is 12.1 Å². The Morgan fingerprint density at radius 1 is 1.21 bits per heavy atom. The van der Waals surface area contributed by atoms with Crippen LogP contribution in [0.1, 0.15) is 37.1 Å². The highest BCUT2D eigenvalue weighted by atomic mass is 19.1. The number of nitrogens with one attached hydrogen (secondary N) is 1. The number of aryl methyl sites for hydroxylation is 2. The zero-order valence-corrected chi connectivity index (χ0v) is 12.1. The third kappa shape index (κ3) is 2.55. The largest absolute Gasteiger partial charge is 0.384 e. The summed E-state index contributed by atoms with van der Waals surface area (Å²) in [5, 5.41) is 4.32. The molecule has 1 heterocycles. The van der Waals surface area contributed by atoms with E-state index < -0.39 is 0 Å². The minimum atomic E-state index is -0.199. The summed E-state index contributed by atoms with van der Waals surface area (Å²) in [5.41, 5.74) is 5.05. The van der Waals surface area contributed by atoms with Crippen molar-refractivity contribution in [1.82, 2.24) is 4.98 Å². The lowest BCUT2D eigenvalue weighted by atomic mass is 10.0. The number of fused-ring (bicyclic) bond motifs is 1. The van der Waals surface area contributed by atoms with E-state index in [0.717, 1.165) is 52.8 Å². The van der Waals surface area contributed by atoms with Crippen LogP contribution in [-0.2, 0) is 6.42 Å². The first kappa shape index (κ1) is 13.8. The van der Waals surface area contributed by atoms with Gasteiger partial charge in [0.05, 0.1) is 5.52 Å². The number of rotatable bonds is 4. The highest BCUT2D eigenvalue weighted by Crippen LogP contribution is 2.31. The van der Waals surface area contributed by atoms with Crippen LogP contribution in [0.15, 0.2) is 12.1 Å². The van der Waals surface area contributed by atoms with Gasteiger partial charge in [-0.1, -0.05) is 13.8 Å². The maximum atomic E-state index is 13.7. The number of hydrogen-bond acceptors (Lipinski definition) is 2. The third-order valence-corrected chi connectivity index (χ3v) is 3.48. The normalized spacial score (nSPS) is 11.0. The van der Waals surface area contributed by atoms with Gasteiger partial charge in [-0.3, -0.25) is 4.98 Å². The molecule has 0 fully saturated rings. The van der Waals surface area contributed by atoms with E-state index in [2.05, 4.69) is 26.1 Å². The van der Waals surface area contributed by atoms with Crippen molar-refractivity contribution in [3.05, 3.63) is 34.8 Å². The Bertz CT molecular complexity index is 605. The molecule has 0 saturated carbocycles. The van der Waals surface area contributed by atoms with E-state index in [0.29, 0.717) is 0 Å². The van der Waals surface area contributed by atoms with Gasteiger partial charge in [-0.05, 0) is 49.9 Å². The fourth-order valence-electron chi connectivity index (χ4n) is 2.46. The van der Waals surface area contributed by atoms with Crippen molar-refractivity contribution in [2.24, 2.45) is 0 Å². The lowest BCUT2D eigenvalue weighted by Crippen LogP contribution is -2.06. The van der Waals surface area contributed by atoms with Gasteiger partial charge >= 0.3 is 0 Å². The van der Waals surface area contributed by atoms with Gasteiger partial charge in [-0.15, -0.1) is 0 Å². The molecule has 0 aliphatic rings. The maximum Gasteiger partial charge on any atom is 0.124 e. The van der Waals surface area contributed by atoms with Gasteiger partial charge in [0.1, 0.15) is 5.82 Å². The molecule has 1 aromatic heterocycles. The molecule has 0 spiro atoms. The Kier molecular flexibility index (Phi) is 4.03. The average molecular weight is 260 g/mol. The van der Waals surface area contributed by atoms with Crippen LogP contribution >= 0.6 is 0 Å². The average Bonchev–Trinajstić information content (AvgIpc) is 2.37. The fraction of sp³-hybridized carbons (Fsp3) is 0.438. The zero-order valence-electron chi connectivity index (χ0n) is 12.1. The van der Waals surface area contributed by atoms with E-state index in [4.69, 9.17) is 4.98 Å². The van der Waals surface area contributed by atoms with Gasteiger partial charge in [0, 0.05) is 23.3 Å². The van der Waals surface area contributed by atoms with Gasteiger partial charge in [-0.2, -0.15) is 0 Å². The van der Waals surface area contributed by atoms with Crippen molar-refractivity contribution in [2.45, 2.75) is 40.5 Å². The second kappa shape index (κ2) is 5.55. The molecule has 0 unspecified atom stereocenters. The SMILES string of the molecule is CCCNc1c(C)c(CC)nc2c(C)cc(F)cc12. The minimum absolute atomic E-state index is 0.199. The molecular formula is C16H21FN2. The lowest BCUT2D eigenvalue weighted by molar-refractivity contribution is 0.628. The summed E-state index contributed by atoms with van der Waals surface area (Å²) in [5.74, 6) is -0.199. The fourth-order valence-corrected chi connectivity index (χ4v) is 2.46. The van der Waals surface area contributed by atoms with Crippen LogP contribution in [0.2, 0.25) is 0 Å². The Labute approximate surface area is 114 Å². The number of aromatic nitrogens is 1. The quantitative estimate of drug-likeness (QED) is 0.882. The summed E-state index contributed by atoms with van der Waals surface area (Å²) in [4.78, 5) is 4.70. The van der Waals surface area contributed by atoms with E-state index in [-0.39, 0.29) is 5.82 Å². The molecule has 0 radical (unpaired) electrons. The van der Waals surface area contributed by atoms with Gasteiger partial charge < -0.3 is 5.32 Å². The van der Waals surface area contributed by atoms with Crippen molar-refractivity contribution >= 4 is 16.6 Å². The molecule has 0 saturated heterocycles. The molecule has 0 aliphatic heterocycles. The zero-order chi connectivity index (χ0) is 14.0. The molecular weight excluding hydrogens is 239 g/mol. The Balaban J connectivity index is 2.75. The monoisotopic (exact) mass is 260 g/mol. The minimum Gasteiger partial charge on any atom is -0.384 e. The van der Waals surface area contributed by atoms with E-state index >= 15 is 0 Å². The molecule has 102 valence electrons. The standard InChI is InChI=1S/C16H21FN2/c1-5-7-18-16-11(4)14(6-2)19-15-10(3)8-12(17)9-13(15)16/h8-9H,5-7H2,1-4H3,(H,18,19). The predicted molar refractivity (Wildman–Crippen MR) is 79.3 cm³/mol. The number of nitrogens with zero attached hydrogens (tertiary/aromatic N) is 1. The second-order valence-corrected chi connectivity index (χ2v) is 4.96. The van der Waals surface area contributed by atoms with Crippen molar-refractivity contribution in [3.63, 3.8) is 0 Å². The van der Waals surface area contributed by atoms with Crippen LogP contribution in [0, 0.1) is 19.7 Å². The lowest BCUT2D eigenvalue weighted by Gasteiger charge is -2.16. The Morgan fingerprint density at radius 3 is 2.58 bits per heavy atom. The van der Waals surface area contributed by atoms with Crippen molar-refractivity contribution in [1.29, 1.82) is 0 Å². The van der Waals surface area contributed by atoms with Crippen LogP contribution in [0.25, 0.3) is 10.9 Å². The highest BCUT2D eigenvalue weighted by Gasteiger charge is 2.13. The van der Waals surface area contributed by atoms with Crippen LogP contribution in [-0.4, -0.2) is 11.5 Å². The van der Waals surface area contributed by atoms with Crippen molar-refractivity contribution in [2.75, 3.05) is 11.9 Å². The summed E-state index contributed by atoms with van der Waals surface area (Å²) in [7, 11) is 0. The first-order valence-electron chi connectivity index (χ1n) is 6.91. The number of halogens is 1. The van der Waals surface area contributed by atoms with Gasteiger partial charge in [-0.25, -0.2) is 4.39 Å². The number of anilines is 1. The van der Waals surface area contributed by atoms with Crippen LogP contribution in [0.3, 0.4) is 0 Å². The summed E-state index contributed by atoms with van der Waals surface area (Å²) in [6.07, 6.45) is 1.93. The van der Waals surface area contributed by atoms with E-state index in [9.17, 15) is 4.39 Å². The first-order valence-corrected chi connectivity index (χ1v) is 6.91. The summed E-state index contributed by atoms with van der Waals surface area (Å²) < 4.78 is 13.7. The number of hydrogen-bond donors (Lipinski definition) is 1. The molecule has 19 heavy (non-hydrogen) atoms. The maximum absolute atomic E-state index is 13.7. The highest BCUT2D eigenvalue weighted by molar-refractivity contribution is 5.95. The predicted octanol–water partition coefficient (Wildman–Crippen LogP) is 4.38. The van der Waals surface area contributed by atoms with Crippen LogP contribution < -0.4 is 5.32 Å². The molecule has 0 atom stereocenters.